The molecule has 0 spiro atoms. The summed E-state index contributed by atoms with van der Waals surface area (Å²) in [5.74, 6) is 2.09. The highest BCUT2D eigenvalue weighted by Crippen LogP contribution is 2.56. The third-order valence-electron chi connectivity index (χ3n) is 4.42. The molecule has 17 heavy (non-hydrogen) atoms. The van der Waals surface area contributed by atoms with E-state index in [1.54, 1.807) is 0 Å². The number of ether oxygens (including phenoxy) is 1. The van der Waals surface area contributed by atoms with Gasteiger partial charge in [-0.15, -0.1) is 6.58 Å². The van der Waals surface area contributed by atoms with Crippen molar-refractivity contribution in [3.63, 3.8) is 0 Å². The minimum atomic E-state index is 0.0370. The molecule has 2 aliphatic rings. The smallest absolute Gasteiger partial charge is 0.309 e. The zero-order valence-electron chi connectivity index (χ0n) is 10.9. The lowest BCUT2D eigenvalue weighted by Gasteiger charge is -2.21. The van der Waals surface area contributed by atoms with Crippen LogP contribution in [0.2, 0.25) is 0 Å². The number of carbonyl (C=O) groups excluding carboxylic acids is 1. The maximum atomic E-state index is 11.9. The lowest BCUT2D eigenvalue weighted by Crippen LogP contribution is -2.14. The second kappa shape index (κ2) is 5.70. The molecule has 2 heteroatoms. The summed E-state index contributed by atoms with van der Waals surface area (Å²) < 4.78 is 5.19. The predicted molar refractivity (Wildman–Crippen MR) is 68.5 cm³/mol. The van der Waals surface area contributed by atoms with Crippen LogP contribution in [-0.4, -0.2) is 12.6 Å². The molecule has 0 heterocycles. The van der Waals surface area contributed by atoms with Crippen LogP contribution in [0.25, 0.3) is 0 Å². The van der Waals surface area contributed by atoms with Crippen molar-refractivity contribution in [2.75, 3.05) is 6.61 Å². The zero-order valence-corrected chi connectivity index (χ0v) is 10.9. The highest BCUT2D eigenvalue weighted by Gasteiger charge is 2.57. The van der Waals surface area contributed by atoms with Gasteiger partial charge in [0.15, 0.2) is 0 Å². The second-order valence-electron chi connectivity index (χ2n) is 5.44. The first-order valence-electron chi connectivity index (χ1n) is 7.07. The highest BCUT2D eigenvalue weighted by atomic mass is 16.5. The van der Waals surface area contributed by atoms with E-state index in [1.165, 1.54) is 32.1 Å². The Bertz CT molecular complexity index is 279. The Hall–Kier alpha value is -0.790. The molecule has 0 aromatic carbocycles. The molecule has 2 fully saturated rings. The summed E-state index contributed by atoms with van der Waals surface area (Å²) in [7, 11) is 0. The number of rotatable bonds is 5. The van der Waals surface area contributed by atoms with E-state index in [0.29, 0.717) is 18.4 Å². The van der Waals surface area contributed by atoms with Crippen molar-refractivity contribution in [1.82, 2.24) is 0 Å². The lowest BCUT2D eigenvalue weighted by molar-refractivity contribution is -0.145. The Kier molecular flexibility index (Phi) is 4.25. The number of hydrogen-bond acceptors (Lipinski definition) is 2. The average Bonchev–Trinajstić information content (AvgIpc) is 3.05. The monoisotopic (exact) mass is 236 g/mol. The maximum absolute atomic E-state index is 11.9. The normalized spacial score (nSPS) is 33.1. The molecule has 2 rings (SSSR count). The van der Waals surface area contributed by atoms with Crippen LogP contribution in [-0.2, 0) is 9.53 Å². The summed E-state index contributed by atoms with van der Waals surface area (Å²) in [6.07, 6.45) is 9.63. The molecule has 2 saturated carbocycles. The van der Waals surface area contributed by atoms with Gasteiger partial charge in [0, 0.05) is 0 Å². The second-order valence-corrected chi connectivity index (χ2v) is 5.44. The number of allylic oxidation sites excluding steroid dienone is 1. The van der Waals surface area contributed by atoms with Crippen molar-refractivity contribution in [3.8, 4) is 0 Å². The van der Waals surface area contributed by atoms with Gasteiger partial charge in [-0.1, -0.05) is 38.2 Å². The fourth-order valence-electron chi connectivity index (χ4n) is 3.63. The van der Waals surface area contributed by atoms with Crippen LogP contribution < -0.4 is 0 Å². The minimum Gasteiger partial charge on any atom is -0.466 e. The highest BCUT2D eigenvalue weighted by molar-refractivity contribution is 5.76. The maximum Gasteiger partial charge on any atom is 0.309 e. The van der Waals surface area contributed by atoms with Gasteiger partial charge in [0.25, 0.3) is 0 Å². The number of esters is 1. The summed E-state index contributed by atoms with van der Waals surface area (Å²) >= 11 is 0. The van der Waals surface area contributed by atoms with Gasteiger partial charge in [-0.3, -0.25) is 4.79 Å². The van der Waals surface area contributed by atoms with E-state index in [0.717, 1.165) is 12.3 Å². The van der Waals surface area contributed by atoms with E-state index < -0.39 is 0 Å². The van der Waals surface area contributed by atoms with Crippen molar-refractivity contribution in [3.05, 3.63) is 12.7 Å². The standard InChI is InChI=1S/C15H24O2/c1-3-8-12-13(11-9-6-5-7-10-11)14(12)15(16)17-4-2/h3,11-14H,1,4-10H2,2H3/t12-,13-,14+/m1/s1. The Balaban J connectivity index is 1.94. The van der Waals surface area contributed by atoms with E-state index in [4.69, 9.17) is 4.74 Å². The largest absolute Gasteiger partial charge is 0.466 e. The van der Waals surface area contributed by atoms with Gasteiger partial charge in [-0.2, -0.15) is 0 Å². The molecular weight excluding hydrogens is 212 g/mol. The molecule has 96 valence electrons. The summed E-state index contributed by atoms with van der Waals surface area (Å²) in [5.41, 5.74) is 0. The molecule has 2 aliphatic carbocycles. The van der Waals surface area contributed by atoms with Crippen molar-refractivity contribution in [2.45, 2.75) is 45.4 Å². The van der Waals surface area contributed by atoms with Crippen LogP contribution in [0.15, 0.2) is 12.7 Å². The summed E-state index contributed by atoms with van der Waals surface area (Å²) in [4.78, 5) is 11.9. The van der Waals surface area contributed by atoms with Crippen LogP contribution in [0.1, 0.15) is 45.4 Å². The van der Waals surface area contributed by atoms with Gasteiger partial charge in [-0.05, 0) is 31.1 Å². The van der Waals surface area contributed by atoms with Gasteiger partial charge in [-0.25, -0.2) is 0 Å². The molecule has 2 nitrogen and oxygen atoms in total. The summed E-state index contributed by atoms with van der Waals surface area (Å²) in [6, 6.07) is 0. The minimum absolute atomic E-state index is 0.0370. The first-order chi connectivity index (χ1) is 8.29. The van der Waals surface area contributed by atoms with Crippen LogP contribution in [0.4, 0.5) is 0 Å². The van der Waals surface area contributed by atoms with Gasteiger partial charge >= 0.3 is 5.97 Å². The van der Waals surface area contributed by atoms with Gasteiger partial charge < -0.3 is 4.74 Å². The average molecular weight is 236 g/mol. The third kappa shape index (κ3) is 2.72. The van der Waals surface area contributed by atoms with Gasteiger partial charge in [0.1, 0.15) is 0 Å². The molecule has 0 aliphatic heterocycles. The molecule has 0 radical (unpaired) electrons. The molecular formula is C15H24O2. The number of carbonyl (C=O) groups is 1. The Morgan fingerprint density at radius 3 is 2.65 bits per heavy atom. The molecule has 0 bridgehead atoms. The molecule has 0 saturated heterocycles. The van der Waals surface area contributed by atoms with E-state index in [1.807, 2.05) is 13.0 Å². The van der Waals surface area contributed by atoms with Crippen molar-refractivity contribution in [2.24, 2.45) is 23.7 Å². The Labute approximate surface area is 104 Å². The third-order valence-corrected chi connectivity index (χ3v) is 4.42. The SMILES string of the molecule is C=CC[C@H]1[C@H](C(=O)OCC)[C@@H]1C1CCCCC1. The fraction of sp³-hybridized carbons (Fsp3) is 0.800. The van der Waals surface area contributed by atoms with Crippen LogP contribution >= 0.6 is 0 Å². The molecule has 0 unspecified atom stereocenters. The number of hydrogen-bond donors (Lipinski definition) is 0. The Morgan fingerprint density at radius 2 is 2.06 bits per heavy atom. The molecule has 0 N–H and O–H groups in total. The molecule has 0 aromatic heterocycles. The van der Waals surface area contributed by atoms with Crippen molar-refractivity contribution in [1.29, 1.82) is 0 Å². The Morgan fingerprint density at radius 1 is 1.35 bits per heavy atom. The fourth-order valence-corrected chi connectivity index (χ4v) is 3.63. The van der Waals surface area contributed by atoms with Crippen molar-refractivity contribution < 1.29 is 9.53 Å². The van der Waals surface area contributed by atoms with Gasteiger partial charge in [0.05, 0.1) is 12.5 Å². The molecule has 3 atom stereocenters. The summed E-state index contributed by atoms with van der Waals surface area (Å²) in [6.45, 7) is 6.20. The lowest BCUT2D eigenvalue weighted by atomic mass is 9.84. The van der Waals surface area contributed by atoms with E-state index >= 15 is 0 Å². The first-order valence-corrected chi connectivity index (χ1v) is 7.07. The topological polar surface area (TPSA) is 26.3 Å². The van der Waals surface area contributed by atoms with E-state index in [2.05, 4.69) is 6.58 Å². The van der Waals surface area contributed by atoms with Crippen LogP contribution in [0, 0.1) is 23.7 Å². The predicted octanol–water partition coefficient (Wildman–Crippen LogP) is 3.57. The quantitative estimate of drug-likeness (QED) is 0.539. The van der Waals surface area contributed by atoms with E-state index in [9.17, 15) is 4.79 Å². The molecule has 0 amide bonds. The zero-order chi connectivity index (χ0) is 12.3. The first kappa shape index (κ1) is 12.7. The van der Waals surface area contributed by atoms with Crippen LogP contribution in [0.5, 0.6) is 0 Å². The molecule has 0 aromatic rings. The van der Waals surface area contributed by atoms with Crippen LogP contribution in [0.3, 0.4) is 0 Å². The van der Waals surface area contributed by atoms with Crippen molar-refractivity contribution >= 4 is 5.97 Å². The van der Waals surface area contributed by atoms with Gasteiger partial charge in [0.2, 0.25) is 0 Å². The summed E-state index contributed by atoms with van der Waals surface area (Å²) in [5, 5.41) is 0. The van der Waals surface area contributed by atoms with E-state index in [-0.39, 0.29) is 11.9 Å².